The van der Waals surface area contributed by atoms with Crippen LogP contribution in [0, 0.1) is 17.3 Å². The first-order chi connectivity index (χ1) is 7.89. The molecule has 2 nitrogen and oxygen atoms in total. The maximum atomic E-state index is 12.1. The molecule has 2 aliphatic carbocycles. The molecule has 0 spiro atoms. The first-order valence-electron chi connectivity index (χ1n) is 6.19. The van der Waals surface area contributed by atoms with Crippen LogP contribution in [0.4, 0.5) is 0 Å². The highest BCUT2D eigenvalue weighted by molar-refractivity contribution is 5.98. The van der Waals surface area contributed by atoms with Gasteiger partial charge in [-0.1, -0.05) is 32.1 Å². The summed E-state index contributed by atoms with van der Waals surface area (Å²) < 4.78 is 0. The number of hydrogen-bond acceptors (Lipinski definition) is 2. The lowest BCUT2D eigenvalue weighted by molar-refractivity contribution is -0.120. The quantitative estimate of drug-likeness (QED) is 0.702. The molecule has 0 amide bonds. The van der Waals surface area contributed by atoms with E-state index in [-0.39, 0.29) is 22.9 Å². The van der Waals surface area contributed by atoms with Gasteiger partial charge in [-0.2, -0.15) is 0 Å². The highest BCUT2D eigenvalue weighted by Gasteiger charge is 2.49. The van der Waals surface area contributed by atoms with Crippen molar-refractivity contribution in [3.8, 4) is 0 Å². The molecule has 0 aromatic heterocycles. The van der Waals surface area contributed by atoms with E-state index in [1.165, 1.54) is 0 Å². The standard InChI is InChI=1S/C15H20O2/c1-9(2)11-6-8-13(17)14-12(16)7-5-10(3)15(11,14)4/h6,8,10-11,17H,1,5,7H2,2-4H3. The van der Waals surface area contributed by atoms with Crippen LogP contribution in [0.1, 0.15) is 33.6 Å². The molecule has 0 aromatic rings. The molecule has 0 radical (unpaired) electrons. The molecule has 3 atom stereocenters. The molecule has 2 heteroatoms. The number of rotatable bonds is 1. The van der Waals surface area contributed by atoms with Gasteiger partial charge in [0.05, 0.1) is 0 Å². The van der Waals surface area contributed by atoms with Crippen LogP contribution < -0.4 is 0 Å². The zero-order valence-electron chi connectivity index (χ0n) is 10.8. The number of carbonyl (C=O) groups is 1. The lowest BCUT2D eigenvalue weighted by Crippen LogP contribution is -2.44. The Morgan fingerprint density at radius 1 is 1.59 bits per heavy atom. The number of Topliss-reactive ketones (excluding diaryl/α,β-unsaturated/α-hetero) is 1. The van der Waals surface area contributed by atoms with Crippen molar-refractivity contribution in [2.24, 2.45) is 17.3 Å². The normalized spacial score (nSPS) is 37.0. The molecule has 3 unspecified atom stereocenters. The Hall–Kier alpha value is -1.31. The van der Waals surface area contributed by atoms with Crippen molar-refractivity contribution in [1.82, 2.24) is 0 Å². The van der Waals surface area contributed by atoms with Gasteiger partial charge in [0, 0.05) is 23.3 Å². The number of aliphatic hydroxyl groups excluding tert-OH is 1. The van der Waals surface area contributed by atoms with Crippen LogP contribution in [0.2, 0.25) is 0 Å². The van der Waals surface area contributed by atoms with Crippen LogP contribution >= 0.6 is 0 Å². The number of hydrogen-bond donors (Lipinski definition) is 1. The Balaban J connectivity index is 2.60. The van der Waals surface area contributed by atoms with Crippen LogP contribution in [-0.4, -0.2) is 10.9 Å². The molecule has 2 aliphatic rings. The fraction of sp³-hybridized carbons (Fsp3) is 0.533. The Morgan fingerprint density at radius 3 is 2.82 bits per heavy atom. The molecule has 1 fully saturated rings. The topological polar surface area (TPSA) is 37.3 Å². The molecule has 0 aromatic carbocycles. The van der Waals surface area contributed by atoms with Crippen molar-refractivity contribution in [2.75, 3.05) is 0 Å². The predicted molar refractivity (Wildman–Crippen MR) is 68.6 cm³/mol. The Bertz CT molecular complexity index is 442. The molecule has 2 rings (SSSR count). The summed E-state index contributed by atoms with van der Waals surface area (Å²) >= 11 is 0. The first-order valence-corrected chi connectivity index (χ1v) is 6.19. The van der Waals surface area contributed by atoms with Crippen molar-refractivity contribution in [3.05, 3.63) is 35.6 Å². The van der Waals surface area contributed by atoms with Crippen LogP contribution in [-0.2, 0) is 4.79 Å². The second kappa shape index (κ2) is 3.86. The zero-order valence-corrected chi connectivity index (χ0v) is 10.8. The average Bonchev–Trinajstić information content (AvgIpc) is 2.23. The molecule has 1 saturated carbocycles. The largest absolute Gasteiger partial charge is 0.508 e. The molecular formula is C15H20O2. The summed E-state index contributed by atoms with van der Waals surface area (Å²) in [5.41, 5.74) is 1.38. The van der Waals surface area contributed by atoms with Gasteiger partial charge in [-0.25, -0.2) is 0 Å². The lowest BCUT2D eigenvalue weighted by Gasteiger charge is -2.47. The second-order valence-corrected chi connectivity index (χ2v) is 5.59. The lowest BCUT2D eigenvalue weighted by atomic mass is 9.55. The number of allylic oxidation sites excluding steroid dienone is 4. The maximum absolute atomic E-state index is 12.1. The summed E-state index contributed by atoms with van der Waals surface area (Å²) in [5.74, 6) is 0.775. The minimum Gasteiger partial charge on any atom is -0.508 e. The van der Waals surface area contributed by atoms with E-state index in [9.17, 15) is 9.90 Å². The summed E-state index contributed by atoms with van der Waals surface area (Å²) in [5, 5.41) is 10.00. The molecule has 0 bridgehead atoms. The smallest absolute Gasteiger partial charge is 0.163 e. The van der Waals surface area contributed by atoms with E-state index in [4.69, 9.17) is 0 Å². The summed E-state index contributed by atoms with van der Waals surface area (Å²) in [7, 11) is 0. The highest BCUT2D eigenvalue weighted by Crippen LogP contribution is 2.53. The molecular weight excluding hydrogens is 212 g/mol. The van der Waals surface area contributed by atoms with Gasteiger partial charge in [-0.05, 0) is 25.3 Å². The third kappa shape index (κ3) is 1.58. The van der Waals surface area contributed by atoms with Gasteiger partial charge in [-0.15, -0.1) is 0 Å². The monoisotopic (exact) mass is 232 g/mol. The van der Waals surface area contributed by atoms with Gasteiger partial charge in [0.25, 0.3) is 0 Å². The van der Waals surface area contributed by atoms with E-state index in [1.54, 1.807) is 6.08 Å². The zero-order chi connectivity index (χ0) is 12.8. The van der Waals surface area contributed by atoms with E-state index < -0.39 is 0 Å². The van der Waals surface area contributed by atoms with Gasteiger partial charge in [0.15, 0.2) is 5.78 Å². The summed E-state index contributed by atoms with van der Waals surface area (Å²) in [6.45, 7) is 10.3. The van der Waals surface area contributed by atoms with Crippen molar-refractivity contribution in [3.63, 3.8) is 0 Å². The van der Waals surface area contributed by atoms with Gasteiger partial charge in [0.1, 0.15) is 5.76 Å². The molecule has 92 valence electrons. The highest BCUT2D eigenvalue weighted by atomic mass is 16.3. The average molecular weight is 232 g/mol. The number of fused-ring (bicyclic) bond motifs is 1. The first kappa shape index (κ1) is 12.2. The number of aliphatic hydroxyl groups is 1. The number of ketones is 1. The Morgan fingerprint density at radius 2 is 2.24 bits per heavy atom. The second-order valence-electron chi connectivity index (χ2n) is 5.59. The SMILES string of the molecule is C=C(C)C1C=CC(O)=C2C(=O)CCC(C)C21C. The third-order valence-electron chi connectivity index (χ3n) is 4.53. The minimum absolute atomic E-state index is 0.0960. The van der Waals surface area contributed by atoms with Crippen molar-refractivity contribution < 1.29 is 9.90 Å². The Kier molecular flexibility index (Phi) is 2.76. The fourth-order valence-corrected chi connectivity index (χ4v) is 3.35. The molecule has 0 aliphatic heterocycles. The van der Waals surface area contributed by atoms with Crippen LogP contribution in [0.15, 0.2) is 35.6 Å². The van der Waals surface area contributed by atoms with Crippen LogP contribution in [0.3, 0.4) is 0 Å². The fourth-order valence-electron chi connectivity index (χ4n) is 3.35. The molecule has 0 heterocycles. The minimum atomic E-state index is -0.292. The van der Waals surface area contributed by atoms with E-state index >= 15 is 0 Å². The summed E-state index contributed by atoms with van der Waals surface area (Å²) in [4.78, 5) is 12.1. The van der Waals surface area contributed by atoms with Crippen LogP contribution in [0.25, 0.3) is 0 Å². The van der Waals surface area contributed by atoms with E-state index in [0.29, 0.717) is 17.9 Å². The van der Waals surface area contributed by atoms with Crippen molar-refractivity contribution in [1.29, 1.82) is 0 Å². The van der Waals surface area contributed by atoms with Crippen LogP contribution in [0.5, 0.6) is 0 Å². The summed E-state index contributed by atoms with van der Waals surface area (Å²) in [6, 6.07) is 0. The molecule has 0 saturated heterocycles. The maximum Gasteiger partial charge on any atom is 0.163 e. The Labute approximate surface area is 103 Å². The van der Waals surface area contributed by atoms with E-state index in [2.05, 4.69) is 20.4 Å². The van der Waals surface area contributed by atoms with Gasteiger partial charge in [-0.3, -0.25) is 4.79 Å². The molecule has 17 heavy (non-hydrogen) atoms. The van der Waals surface area contributed by atoms with Crippen molar-refractivity contribution in [2.45, 2.75) is 33.6 Å². The van der Waals surface area contributed by atoms with Gasteiger partial charge in [0.2, 0.25) is 0 Å². The van der Waals surface area contributed by atoms with Gasteiger partial charge >= 0.3 is 0 Å². The van der Waals surface area contributed by atoms with Crippen molar-refractivity contribution >= 4 is 5.78 Å². The van der Waals surface area contributed by atoms with E-state index in [0.717, 1.165) is 12.0 Å². The third-order valence-corrected chi connectivity index (χ3v) is 4.53. The number of carbonyl (C=O) groups excluding carboxylic acids is 1. The summed E-state index contributed by atoms with van der Waals surface area (Å²) in [6.07, 6.45) is 5.08. The predicted octanol–water partition coefficient (Wildman–Crippen LogP) is 3.57. The molecule has 1 N–H and O–H groups in total. The van der Waals surface area contributed by atoms with Gasteiger partial charge < -0.3 is 5.11 Å². The van der Waals surface area contributed by atoms with E-state index in [1.807, 2.05) is 13.0 Å².